The Morgan fingerprint density at radius 1 is 1.25 bits per heavy atom. The number of hydrogen-bond acceptors (Lipinski definition) is 0. The van der Waals surface area contributed by atoms with Crippen LogP contribution in [-0.4, -0.2) is 0 Å². The van der Waals surface area contributed by atoms with E-state index >= 15 is 0 Å². The summed E-state index contributed by atoms with van der Waals surface area (Å²) in [5.41, 5.74) is 2.36. The first-order valence-corrected chi connectivity index (χ1v) is 3.96. The van der Waals surface area contributed by atoms with E-state index in [1.54, 1.807) is 0 Å². The Balaban J connectivity index is 0.00000121. The molecule has 0 aliphatic carbocycles. The van der Waals surface area contributed by atoms with Crippen molar-refractivity contribution in [2.45, 2.75) is 13.8 Å². The van der Waals surface area contributed by atoms with E-state index in [9.17, 15) is 0 Å². The fourth-order valence-electron chi connectivity index (χ4n) is 1.06. The number of hydrogen-bond donors (Lipinski definition) is 0. The van der Waals surface area contributed by atoms with Crippen LogP contribution in [0.25, 0.3) is 0 Å². The van der Waals surface area contributed by atoms with Gasteiger partial charge in [-0.1, -0.05) is 19.8 Å². The molecule has 1 aromatic rings. The minimum absolute atomic E-state index is 0. The monoisotopic (exact) mass is 330 g/mol. The topological polar surface area (TPSA) is 0 Å². The van der Waals surface area contributed by atoms with Crippen LogP contribution in [0.5, 0.6) is 0 Å². The predicted molar refractivity (Wildman–Crippen MR) is 49.1 cm³/mol. The molecule has 0 spiro atoms. The van der Waals surface area contributed by atoms with Crippen LogP contribution in [0.1, 0.15) is 25.0 Å². The van der Waals surface area contributed by atoms with Gasteiger partial charge in [-0.2, -0.15) is 0 Å². The van der Waals surface area contributed by atoms with E-state index in [-0.39, 0.29) is 21.1 Å². The summed E-state index contributed by atoms with van der Waals surface area (Å²) in [5.74, 6) is 0.595. The summed E-state index contributed by atoms with van der Waals surface area (Å²) in [6, 6.07) is 8.19. The maximum Gasteiger partial charge on any atom is 2.00 e. The smallest absolute Gasteiger partial charge is 0.299 e. The molecular formula is C11H14W. The predicted octanol–water partition coefficient (Wildman–Crippen LogP) is 3.07. The molecule has 0 bridgehead atoms. The van der Waals surface area contributed by atoms with Gasteiger partial charge in [0, 0.05) is 0 Å². The zero-order valence-electron chi connectivity index (χ0n) is 7.58. The van der Waals surface area contributed by atoms with Crippen LogP contribution in [0.3, 0.4) is 0 Å². The van der Waals surface area contributed by atoms with Crippen LogP contribution < -0.4 is 0 Å². The van der Waals surface area contributed by atoms with Crippen molar-refractivity contribution in [3.8, 4) is 0 Å². The first-order chi connectivity index (χ1) is 5.20. The van der Waals surface area contributed by atoms with Gasteiger partial charge in [0.2, 0.25) is 0 Å². The van der Waals surface area contributed by atoms with Gasteiger partial charge in [0.05, 0.1) is 0 Å². The molecule has 12 heavy (non-hydrogen) atoms. The van der Waals surface area contributed by atoms with E-state index in [2.05, 4.69) is 33.3 Å². The Kier molecular flexibility index (Phi) is 5.17. The molecule has 0 saturated carbocycles. The molecule has 0 N–H and O–H groups in total. The minimum atomic E-state index is 0. The van der Waals surface area contributed by atoms with Gasteiger partial charge < -0.3 is 0 Å². The summed E-state index contributed by atoms with van der Waals surface area (Å²) in [4.78, 5) is 0. The largest absolute Gasteiger partial charge is 2.00 e. The van der Waals surface area contributed by atoms with E-state index in [4.69, 9.17) is 0 Å². The number of rotatable bonds is 2. The second-order valence-corrected chi connectivity index (χ2v) is 3.11. The van der Waals surface area contributed by atoms with Crippen LogP contribution >= 0.6 is 0 Å². The molecule has 0 unspecified atom stereocenters. The number of benzene rings is 1. The van der Waals surface area contributed by atoms with E-state index < -0.39 is 0 Å². The molecule has 0 saturated heterocycles. The summed E-state index contributed by atoms with van der Waals surface area (Å²) in [5, 5.41) is 0. The Labute approximate surface area is 89.6 Å². The molecule has 0 aliphatic heterocycles. The summed E-state index contributed by atoms with van der Waals surface area (Å²) in [7, 11) is 0. The molecule has 0 radical (unpaired) electrons. The third-order valence-corrected chi connectivity index (χ3v) is 1.57. The third-order valence-electron chi connectivity index (χ3n) is 1.57. The third kappa shape index (κ3) is 3.36. The van der Waals surface area contributed by atoms with Crippen molar-refractivity contribution < 1.29 is 21.1 Å². The quantitative estimate of drug-likeness (QED) is 0.731. The van der Waals surface area contributed by atoms with Crippen molar-refractivity contribution in [2.75, 3.05) is 0 Å². The van der Waals surface area contributed by atoms with Crippen LogP contribution in [-0.2, 0) is 21.1 Å². The molecular weight excluding hydrogens is 316 g/mol. The minimum Gasteiger partial charge on any atom is -0.299 e. The average Bonchev–Trinajstić information content (AvgIpc) is 1.93. The van der Waals surface area contributed by atoms with Crippen LogP contribution in [0, 0.1) is 19.3 Å². The van der Waals surface area contributed by atoms with Crippen molar-refractivity contribution in [1.82, 2.24) is 0 Å². The molecule has 0 fully saturated rings. The summed E-state index contributed by atoms with van der Waals surface area (Å²) in [6.07, 6.45) is 2.22. The molecule has 64 valence electrons. The van der Waals surface area contributed by atoms with Gasteiger partial charge in [0.25, 0.3) is 0 Å². The van der Waals surface area contributed by atoms with Gasteiger partial charge >= 0.3 is 21.1 Å². The molecule has 1 rings (SSSR count). The maximum atomic E-state index is 3.94. The fraction of sp³-hybridized carbons (Fsp3) is 0.273. The molecule has 0 amide bonds. The molecule has 0 nitrogen and oxygen atoms in total. The van der Waals surface area contributed by atoms with E-state index in [0.29, 0.717) is 5.92 Å². The van der Waals surface area contributed by atoms with Gasteiger partial charge in [0.15, 0.2) is 0 Å². The first-order valence-electron chi connectivity index (χ1n) is 3.96. The molecule has 1 heteroatoms. The van der Waals surface area contributed by atoms with Crippen molar-refractivity contribution in [2.24, 2.45) is 5.92 Å². The van der Waals surface area contributed by atoms with Crippen LogP contribution in [0.4, 0.5) is 0 Å². The van der Waals surface area contributed by atoms with Crippen LogP contribution in [0.15, 0.2) is 24.3 Å². The zero-order chi connectivity index (χ0) is 8.27. The molecule has 1 aromatic carbocycles. The van der Waals surface area contributed by atoms with Gasteiger partial charge in [-0.15, -0.1) is 12.1 Å². The van der Waals surface area contributed by atoms with Gasteiger partial charge in [-0.05, 0) is 0 Å². The molecule has 0 aromatic heterocycles. The fourth-order valence-corrected chi connectivity index (χ4v) is 1.06. The average molecular weight is 330 g/mol. The Hall–Kier alpha value is -0.352. The first kappa shape index (κ1) is 11.6. The van der Waals surface area contributed by atoms with E-state index in [1.165, 1.54) is 5.56 Å². The van der Waals surface area contributed by atoms with E-state index in [1.807, 2.05) is 18.2 Å². The molecule has 0 heterocycles. The van der Waals surface area contributed by atoms with Gasteiger partial charge in [-0.25, -0.2) is 18.6 Å². The second-order valence-electron chi connectivity index (χ2n) is 3.11. The van der Waals surface area contributed by atoms with Gasteiger partial charge in [0.1, 0.15) is 0 Å². The Bertz CT molecular complexity index is 228. The van der Waals surface area contributed by atoms with Crippen molar-refractivity contribution in [3.63, 3.8) is 0 Å². The SMILES string of the molecule is [CH2-]c1ccccc1[CH-]C(C)C.[W+2]. The van der Waals surface area contributed by atoms with E-state index in [0.717, 1.165) is 5.56 Å². The van der Waals surface area contributed by atoms with Crippen LogP contribution in [0.2, 0.25) is 0 Å². The zero-order valence-corrected chi connectivity index (χ0v) is 10.5. The summed E-state index contributed by atoms with van der Waals surface area (Å²) < 4.78 is 0. The molecule has 0 atom stereocenters. The Morgan fingerprint density at radius 3 is 2.33 bits per heavy atom. The second kappa shape index (κ2) is 5.32. The maximum absolute atomic E-state index is 3.94. The van der Waals surface area contributed by atoms with Crippen molar-refractivity contribution >= 4 is 0 Å². The summed E-state index contributed by atoms with van der Waals surface area (Å²) >= 11 is 0. The standard InChI is InChI=1S/C11H14.W/c1-9(2)8-11-7-5-4-6-10(11)3;/h4-9H,3H2,1-2H3;/q-2;+2. The summed E-state index contributed by atoms with van der Waals surface area (Å²) in [6.45, 7) is 8.29. The Morgan fingerprint density at radius 2 is 1.83 bits per heavy atom. The van der Waals surface area contributed by atoms with Crippen molar-refractivity contribution in [1.29, 1.82) is 0 Å². The van der Waals surface area contributed by atoms with Gasteiger partial charge in [-0.3, -0.25) is 18.1 Å². The normalized spacial score (nSPS) is 9.25. The molecule has 0 aliphatic rings. The van der Waals surface area contributed by atoms with Crippen molar-refractivity contribution in [3.05, 3.63) is 48.7 Å².